The van der Waals surface area contributed by atoms with Crippen LogP contribution < -0.4 is 0 Å². The van der Waals surface area contributed by atoms with Crippen LogP contribution in [0.5, 0.6) is 0 Å². The molecule has 3 rings (SSSR count). The van der Waals surface area contributed by atoms with Gasteiger partial charge in [-0.15, -0.1) is 0 Å². The first-order valence-corrected chi connectivity index (χ1v) is 7.38. The number of esters is 1. The van der Waals surface area contributed by atoms with E-state index in [-0.39, 0.29) is 12.2 Å². The van der Waals surface area contributed by atoms with E-state index in [1.807, 2.05) is 29.7 Å². The molecular weight excluding hydrogens is 351 g/mol. The predicted octanol–water partition coefficient (Wildman–Crippen LogP) is 3.90. The van der Waals surface area contributed by atoms with Crippen LogP contribution in [0.15, 0.2) is 47.2 Å². The van der Waals surface area contributed by atoms with E-state index in [1.165, 1.54) is 12.1 Å². The van der Waals surface area contributed by atoms with Gasteiger partial charge in [-0.05, 0) is 36.8 Å². The first-order chi connectivity index (χ1) is 10.5. The van der Waals surface area contributed by atoms with Crippen LogP contribution in [0.4, 0.5) is 4.39 Å². The average molecular weight is 363 g/mol. The highest BCUT2D eigenvalue weighted by Crippen LogP contribution is 2.17. The molecule has 22 heavy (non-hydrogen) atoms. The molecule has 0 saturated carbocycles. The summed E-state index contributed by atoms with van der Waals surface area (Å²) < 4.78 is 21.2. The molecule has 3 aromatic rings. The van der Waals surface area contributed by atoms with Gasteiger partial charge in [-0.1, -0.05) is 22.0 Å². The van der Waals surface area contributed by atoms with Gasteiger partial charge in [-0.25, -0.2) is 14.2 Å². The van der Waals surface area contributed by atoms with E-state index in [9.17, 15) is 9.18 Å². The lowest BCUT2D eigenvalue weighted by atomic mass is 10.2. The summed E-state index contributed by atoms with van der Waals surface area (Å²) in [5.74, 6) is -1.33. The fraction of sp³-hybridized carbons (Fsp3) is 0.125. The highest BCUT2D eigenvalue weighted by molar-refractivity contribution is 9.10. The normalized spacial score (nSPS) is 10.9. The van der Waals surface area contributed by atoms with Crippen LogP contribution in [0.1, 0.15) is 21.6 Å². The third kappa shape index (κ3) is 3.01. The quantitative estimate of drug-likeness (QED) is 0.663. The number of ether oxygens (including phenoxy) is 1. The van der Waals surface area contributed by atoms with E-state index >= 15 is 0 Å². The summed E-state index contributed by atoms with van der Waals surface area (Å²) in [6.07, 6.45) is 3.72. The molecule has 4 nitrogen and oxygen atoms in total. The van der Waals surface area contributed by atoms with Crippen LogP contribution >= 0.6 is 15.9 Å². The highest BCUT2D eigenvalue weighted by Gasteiger charge is 2.14. The standard InChI is InChI=1S/C16H12BrFN2O2/c1-10-2-5-15-19-12(8-20(15)7-10)9-22-16(21)13-4-3-11(17)6-14(13)18/h2-8H,9H2,1H3. The molecule has 1 aromatic carbocycles. The number of carbonyl (C=O) groups is 1. The second kappa shape index (κ2) is 5.88. The highest BCUT2D eigenvalue weighted by atomic mass is 79.9. The molecule has 0 aliphatic carbocycles. The zero-order valence-corrected chi connectivity index (χ0v) is 13.3. The summed E-state index contributed by atoms with van der Waals surface area (Å²) in [4.78, 5) is 16.2. The monoisotopic (exact) mass is 362 g/mol. The molecule has 0 amide bonds. The Morgan fingerprint density at radius 3 is 2.91 bits per heavy atom. The lowest BCUT2D eigenvalue weighted by Crippen LogP contribution is -2.07. The minimum absolute atomic E-state index is 0.00490. The second-order valence-electron chi connectivity index (χ2n) is 4.90. The summed E-state index contributed by atoms with van der Waals surface area (Å²) in [7, 11) is 0. The molecule has 0 N–H and O–H groups in total. The molecule has 2 aromatic heterocycles. The van der Waals surface area contributed by atoms with Crippen molar-refractivity contribution in [2.75, 3.05) is 0 Å². The molecule has 0 spiro atoms. The molecule has 0 saturated heterocycles. The molecule has 0 radical (unpaired) electrons. The number of carbonyl (C=O) groups excluding carboxylic acids is 1. The van der Waals surface area contributed by atoms with Gasteiger partial charge in [0, 0.05) is 16.9 Å². The number of pyridine rings is 1. The predicted molar refractivity (Wildman–Crippen MR) is 83.1 cm³/mol. The Kier molecular flexibility index (Phi) is 3.94. The van der Waals surface area contributed by atoms with Crippen LogP contribution in [-0.4, -0.2) is 15.4 Å². The Balaban J connectivity index is 1.74. The zero-order chi connectivity index (χ0) is 15.7. The van der Waals surface area contributed by atoms with Gasteiger partial charge in [0.15, 0.2) is 0 Å². The number of benzene rings is 1. The maximum absolute atomic E-state index is 13.7. The molecule has 0 bridgehead atoms. The lowest BCUT2D eigenvalue weighted by Gasteiger charge is -2.04. The Bertz CT molecular complexity index is 860. The van der Waals surface area contributed by atoms with Crippen molar-refractivity contribution in [3.8, 4) is 0 Å². The first-order valence-electron chi connectivity index (χ1n) is 6.59. The van der Waals surface area contributed by atoms with Crippen molar-refractivity contribution in [3.63, 3.8) is 0 Å². The van der Waals surface area contributed by atoms with Gasteiger partial charge in [-0.3, -0.25) is 0 Å². The largest absolute Gasteiger partial charge is 0.455 e. The summed E-state index contributed by atoms with van der Waals surface area (Å²) in [6, 6.07) is 8.04. The Morgan fingerprint density at radius 1 is 1.32 bits per heavy atom. The van der Waals surface area contributed by atoms with E-state index < -0.39 is 11.8 Å². The number of hydrogen-bond donors (Lipinski definition) is 0. The Hall–Kier alpha value is -2.21. The van der Waals surface area contributed by atoms with E-state index in [1.54, 1.807) is 12.3 Å². The molecule has 0 atom stereocenters. The molecule has 0 aliphatic rings. The maximum Gasteiger partial charge on any atom is 0.341 e. The van der Waals surface area contributed by atoms with Crippen LogP contribution in [0.2, 0.25) is 0 Å². The van der Waals surface area contributed by atoms with Gasteiger partial charge < -0.3 is 9.14 Å². The number of imidazole rings is 1. The van der Waals surface area contributed by atoms with Crippen molar-refractivity contribution in [2.45, 2.75) is 13.5 Å². The first kappa shape index (κ1) is 14.7. The molecule has 0 aliphatic heterocycles. The number of fused-ring (bicyclic) bond motifs is 1. The fourth-order valence-electron chi connectivity index (χ4n) is 2.10. The molecule has 0 unspecified atom stereocenters. The smallest absolute Gasteiger partial charge is 0.341 e. The average Bonchev–Trinajstić information content (AvgIpc) is 2.86. The molecule has 112 valence electrons. The van der Waals surface area contributed by atoms with Crippen molar-refractivity contribution in [1.29, 1.82) is 0 Å². The Morgan fingerprint density at radius 2 is 2.14 bits per heavy atom. The SMILES string of the molecule is Cc1ccc2nc(COC(=O)c3ccc(Br)cc3F)cn2c1. The third-order valence-corrected chi connectivity index (χ3v) is 3.64. The van der Waals surface area contributed by atoms with Gasteiger partial charge in [-0.2, -0.15) is 0 Å². The molecule has 6 heteroatoms. The van der Waals surface area contributed by atoms with Crippen molar-refractivity contribution in [2.24, 2.45) is 0 Å². The zero-order valence-electron chi connectivity index (χ0n) is 11.7. The molecular formula is C16H12BrFN2O2. The van der Waals surface area contributed by atoms with Crippen molar-refractivity contribution < 1.29 is 13.9 Å². The number of hydrogen-bond acceptors (Lipinski definition) is 3. The number of rotatable bonds is 3. The van der Waals surface area contributed by atoms with Gasteiger partial charge in [0.05, 0.1) is 11.3 Å². The number of aryl methyl sites for hydroxylation is 1. The third-order valence-electron chi connectivity index (χ3n) is 3.15. The summed E-state index contributed by atoms with van der Waals surface area (Å²) in [5.41, 5.74) is 2.39. The van der Waals surface area contributed by atoms with Crippen molar-refractivity contribution in [1.82, 2.24) is 9.38 Å². The van der Waals surface area contributed by atoms with Gasteiger partial charge in [0.1, 0.15) is 18.1 Å². The van der Waals surface area contributed by atoms with Crippen molar-refractivity contribution in [3.05, 3.63) is 69.8 Å². The van der Waals surface area contributed by atoms with E-state index in [0.717, 1.165) is 11.2 Å². The number of nitrogens with zero attached hydrogens (tertiary/aromatic N) is 2. The summed E-state index contributed by atoms with van der Waals surface area (Å²) in [5, 5.41) is 0. The topological polar surface area (TPSA) is 43.6 Å². The second-order valence-corrected chi connectivity index (χ2v) is 5.82. The lowest BCUT2D eigenvalue weighted by molar-refractivity contribution is 0.0463. The molecule has 2 heterocycles. The maximum atomic E-state index is 13.7. The van der Waals surface area contributed by atoms with Crippen LogP contribution in [0.25, 0.3) is 5.65 Å². The van der Waals surface area contributed by atoms with Crippen LogP contribution in [-0.2, 0) is 11.3 Å². The minimum atomic E-state index is -0.710. The minimum Gasteiger partial charge on any atom is -0.455 e. The van der Waals surface area contributed by atoms with Gasteiger partial charge in [0.2, 0.25) is 0 Å². The Labute approximate surface area is 134 Å². The molecule has 0 fully saturated rings. The number of halogens is 2. The van der Waals surface area contributed by atoms with Gasteiger partial charge in [0.25, 0.3) is 0 Å². The van der Waals surface area contributed by atoms with E-state index in [2.05, 4.69) is 20.9 Å². The van der Waals surface area contributed by atoms with Crippen molar-refractivity contribution >= 4 is 27.5 Å². The summed E-state index contributed by atoms with van der Waals surface area (Å²) in [6.45, 7) is 1.98. The fourth-order valence-corrected chi connectivity index (χ4v) is 2.43. The van der Waals surface area contributed by atoms with E-state index in [4.69, 9.17) is 4.74 Å². The number of aromatic nitrogens is 2. The van der Waals surface area contributed by atoms with Gasteiger partial charge >= 0.3 is 5.97 Å². The van der Waals surface area contributed by atoms with E-state index in [0.29, 0.717) is 10.2 Å². The summed E-state index contributed by atoms with van der Waals surface area (Å²) >= 11 is 3.14. The van der Waals surface area contributed by atoms with Crippen LogP contribution in [0.3, 0.4) is 0 Å². The van der Waals surface area contributed by atoms with Crippen LogP contribution in [0, 0.1) is 12.7 Å².